The summed E-state index contributed by atoms with van der Waals surface area (Å²) in [4.78, 5) is 0. The van der Waals surface area contributed by atoms with Crippen molar-refractivity contribution in [1.29, 1.82) is 0 Å². The maximum Gasteiger partial charge on any atom is 0.109 e. The standard InChI is InChI=1S/C6H15OS.BrH/c1-4-8(7,5-2)6-3;/h4-6H2,1-3H3;1H/q+1;/p-1. The Balaban J connectivity index is 0. The number of rotatable bonds is 3. The van der Waals surface area contributed by atoms with Crippen LogP contribution >= 0.6 is 0 Å². The molecule has 9 heavy (non-hydrogen) atoms. The molecule has 1 nitrogen and oxygen atoms in total. The monoisotopic (exact) mass is 214 g/mol. The summed E-state index contributed by atoms with van der Waals surface area (Å²) in [6.07, 6.45) is 0. The molecule has 0 spiro atoms. The summed E-state index contributed by atoms with van der Waals surface area (Å²) in [7, 11) is -1.40. The quantitative estimate of drug-likeness (QED) is 0.526. The molecule has 58 valence electrons. The van der Waals surface area contributed by atoms with Crippen LogP contribution in [0, 0.1) is 0 Å². The highest BCUT2D eigenvalue weighted by molar-refractivity contribution is 8.02. The summed E-state index contributed by atoms with van der Waals surface area (Å²) in [5.41, 5.74) is 0. The summed E-state index contributed by atoms with van der Waals surface area (Å²) in [5.74, 6) is 2.54. The van der Waals surface area contributed by atoms with Crippen LogP contribution in [0.15, 0.2) is 0 Å². The zero-order valence-corrected chi connectivity index (χ0v) is 8.72. The fourth-order valence-corrected chi connectivity index (χ4v) is 1.84. The molecule has 0 heterocycles. The fourth-order valence-electron chi connectivity index (χ4n) is 0.612. The van der Waals surface area contributed by atoms with Gasteiger partial charge in [-0.2, -0.15) is 0 Å². The van der Waals surface area contributed by atoms with E-state index in [1.165, 1.54) is 0 Å². The van der Waals surface area contributed by atoms with Crippen LogP contribution < -0.4 is 17.0 Å². The van der Waals surface area contributed by atoms with E-state index < -0.39 is 9.93 Å². The Kier molecular flexibility index (Phi) is 7.42. The number of hydrogen-bond acceptors (Lipinski definition) is 1. The van der Waals surface area contributed by atoms with Crippen LogP contribution in [-0.4, -0.2) is 17.3 Å². The first-order valence-corrected chi connectivity index (χ1v) is 5.22. The highest BCUT2D eigenvalue weighted by atomic mass is 79.9. The first-order valence-electron chi connectivity index (χ1n) is 3.15. The Bertz CT molecular complexity index is 84.2. The second kappa shape index (κ2) is 5.42. The van der Waals surface area contributed by atoms with Crippen LogP contribution in [0.3, 0.4) is 0 Å². The third-order valence-electron chi connectivity index (χ3n) is 1.58. The molecule has 0 N–H and O–H groups in total. The second-order valence-corrected chi connectivity index (χ2v) is 5.50. The van der Waals surface area contributed by atoms with E-state index in [0.29, 0.717) is 0 Å². The molecular weight excluding hydrogens is 200 g/mol. The van der Waals surface area contributed by atoms with Crippen LogP contribution in [0.5, 0.6) is 0 Å². The molecule has 0 rings (SSSR count). The summed E-state index contributed by atoms with van der Waals surface area (Å²) in [5, 5.41) is 0. The highest BCUT2D eigenvalue weighted by Gasteiger charge is 2.17. The molecule has 0 saturated carbocycles. The van der Waals surface area contributed by atoms with Gasteiger partial charge in [-0.25, -0.2) is 0 Å². The zero-order chi connectivity index (χ0) is 6.62. The van der Waals surface area contributed by atoms with Gasteiger partial charge in [-0.05, 0) is 20.8 Å². The second-order valence-electron chi connectivity index (χ2n) is 1.83. The van der Waals surface area contributed by atoms with Crippen molar-refractivity contribution in [2.45, 2.75) is 20.8 Å². The van der Waals surface area contributed by atoms with E-state index in [4.69, 9.17) is 0 Å². The summed E-state index contributed by atoms with van der Waals surface area (Å²) >= 11 is 0. The van der Waals surface area contributed by atoms with Gasteiger partial charge >= 0.3 is 0 Å². The van der Waals surface area contributed by atoms with Crippen molar-refractivity contribution in [1.82, 2.24) is 0 Å². The average Bonchev–Trinajstić information content (AvgIpc) is 1.87. The third-order valence-corrected chi connectivity index (χ3v) is 4.73. The van der Waals surface area contributed by atoms with Gasteiger partial charge in [-0.3, -0.25) is 0 Å². The third kappa shape index (κ3) is 4.09. The molecular formula is C6H15BrOS. The fraction of sp³-hybridized carbons (Fsp3) is 1.00. The lowest BCUT2D eigenvalue weighted by molar-refractivity contribution is -0.00000323. The molecule has 0 aliphatic rings. The van der Waals surface area contributed by atoms with Crippen molar-refractivity contribution >= 4 is 9.93 Å². The SMILES string of the molecule is CC[S+](=O)(CC)CC.[Br-]. The zero-order valence-electron chi connectivity index (χ0n) is 6.32. The van der Waals surface area contributed by atoms with Crippen LogP contribution in [0.4, 0.5) is 0 Å². The van der Waals surface area contributed by atoms with Crippen LogP contribution in [-0.2, 0) is 14.1 Å². The predicted octanol–water partition coefficient (Wildman–Crippen LogP) is -1.45. The van der Waals surface area contributed by atoms with Crippen molar-refractivity contribution in [2.24, 2.45) is 0 Å². The lowest BCUT2D eigenvalue weighted by atomic mass is 10.9. The van der Waals surface area contributed by atoms with E-state index in [1.807, 2.05) is 20.8 Å². The average molecular weight is 215 g/mol. The van der Waals surface area contributed by atoms with Crippen molar-refractivity contribution in [3.05, 3.63) is 0 Å². The topological polar surface area (TPSA) is 17.1 Å². The lowest BCUT2D eigenvalue weighted by Gasteiger charge is -2.02. The first-order chi connectivity index (χ1) is 3.68. The van der Waals surface area contributed by atoms with E-state index >= 15 is 0 Å². The van der Waals surface area contributed by atoms with Gasteiger partial charge in [0.15, 0.2) is 0 Å². The Morgan fingerprint density at radius 1 is 1.00 bits per heavy atom. The van der Waals surface area contributed by atoms with Crippen molar-refractivity contribution < 1.29 is 21.2 Å². The normalized spacial score (nSPS) is 10.6. The molecule has 0 bridgehead atoms. The number of halogens is 1. The molecule has 0 amide bonds. The summed E-state index contributed by atoms with van der Waals surface area (Å²) in [6, 6.07) is 0. The van der Waals surface area contributed by atoms with Gasteiger partial charge in [0.25, 0.3) is 0 Å². The van der Waals surface area contributed by atoms with E-state index in [9.17, 15) is 4.21 Å². The first kappa shape index (κ1) is 12.3. The van der Waals surface area contributed by atoms with Crippen LogP contribution in [0.2, 0.25) is 0 Å². The minimum atomic E-state index is -1.40. The molecule has 0 saturated heterocycles. The van der Waals surface area contributed by atoms with Crippen LogP contribution in [0.1, 0.15) is 20.8 Å². The number of hydrogen-bond donors (Lipinski definition) is 0. The smallest absolute Gasteiger partial charge is 0.109 e. The molecule has 0 aliphatic carbocycles. The molecule has 3 heteroatoms. The Morgan fingerprint density at radius 2 is 1.22 bits per heavy atom. The Hall–Kier alpha value is 0.630. The lowest BCUT2D eigenvalue weighted by Crippen LogP contribution is -3.00. The van der Waals surface area contributed by atoms with Gasteiger partial charge in [-0.15, -0.1) is 4.21 Å². The van der Waals surface area contributed by atoms with Crippen molar-refractivity contribution in [2.75, 3.05) is 17.3 Å². The highest BCUT2D eigenvalue weighted by Crippen LogP contribution is 2.02. The molecule has 0 aromatic carbocycles. The van der Waals surface area contributed by atoms with Gasteiger partial charge in [0.1, 0.15) is 17.3 Å². The van der Waals surface area contributed by atoms with Crippen molar-refractivity contribution in [3.8, 4) is 0 Å². The molecule has 0 aromatic heterocycles. The largest absolute Gasteiger partial charge is 1.00 e. The van der Waals surface area contributed by atoms with Crippen molar-refractivity contribution in [3.63, 3.8) is 0 Å². The maximum atomic E-state index is 11.3. The van der Waals surface area contributed by atoms with E-state index in [1.54, 1.807) is 0 Å². The summed E-state index contributed by atoms with van der Waals surface area (Å²) in [6.45, 7) is 5.99. The minimum Gasteiger partial charge on any atom is -1.00 e. The molecule has 0 aromatic rings. The van der Waals surface area contributed by atoms with Gasteiger partial charge < -0.3 is 17.0 Å². The van der Waals surface area contributed by atoms with Gasteiger partial charge in [0.2, 0.25) is 0 Å². The minimum absolute atomic E-state index is 0. The van der Waals surface area contributed by atoms with Crippen LogP contribution in [0.25, 0.3) is 0 Å². The molecule has 0 unspecified atom stereocenters. The summed E-state index contributed by atoms with van der Waals surface area (Å²) < 4.78 is 11.3. The van der Waals surface area contributed by atoms with Gasteiger partial charge in [0.05, 0.1) is 9.93 Å². The maximum absolute atomic E-state index is 11.3. The Morgan fingerprint density at radius 3 is 1.22 bits per heavy atom. The molecule has 0 radical (unpaired) electrons. The predicted molar refractivity (Wildman–Crippen MR) is 39.7 cm³/mol. The Labute approximate surface area is 69.4 Å². The van der Waals surface area contributed by atoms with Gasteiger partial charge in [-0.1, -0.05) is 0 Å². The van der Waals surface area contributed by atoms with Gasteiger partial charge in [0, 0.05) is 0 Å². The van der Waals surface area contributed by atoms with E-state index in [0.717, 1.165) is 17.3 Å². The molecule has 0 aliphatic heterocycles. The molecule has 0 atom stereocenters. The van der Waals surface area contributed by atoms with E-state index in [2.05, 4.69) is 0 Å². The molecule has 0 fully saturated rings. The van der Waals surface area contributed by atoms with E-state index in [-0.39, 0.29) is 17.0 Å².